The van der Waals surface area contributed by atoms with Gasteiger partial charge in [-0.1, -0.05) is 19.1 Å². The highest BCUT2D eigenvalue weighted by Gasteiger charge is 2.07. The van der Waals surface area contributed by atoms with Gasteiger partial charge in [-0.15, -0.1) is 0 Å². The van der Waals surface area contributed by atoms with E-state index in [9.17, 15) is 0 Å². The topological polar surface area (TPSA) is 15.3 Å². The van der Waals surface area contributed by atoms with Gasteiger partial charge in [0.05, 0.1) is 0 Å². The van der Waals surface area contributed by atoms with Crippen LogP contribution in [0.4, 0.5) is 5.69 Å². The van der Waals surface area contributed by atoms with Crippen LogP contribution in [0.25, 0.3) is 0 Å². The summed E-state index contributed by atoms with van der Waals surface area (Å²) >= 11 is 0. The summed E-state index contributed by atoms with van der Waals surface area (Å²) in [5.41, 5.74) is 4.15. The summed E-state index contributed by atoms with van der Waals surface area (Å²) < 4.78 is 0. The van der Waals surface area contributed by atoms with Crippen LogP contribution in [-0.4, -0.2) is 19.6 Å². The Hall–Kier alpha value is -1.02. The molecule has 0 fully saturated rings. The van der Waals surface area contributed by atoms with Crippen LogP contribution in [0, 0.1) is 6.92 Å². The van der Waals surface area contributed by atoms with Gasteiger partial charge < -0.3 is 10.2 Å². The molecule has 0 heterocycles. The van der Waals surface area contributed by atoms with E-state index in [0.29, 0.717) is 6.04 Å². The van der Waals surface area contributed by atoms with Crippen molar-refractivity contribution in [3.05, 3.63) is 29.3 Å². The van der Waals surface area contributed by atoms with Gasteiger partial charge >= 0.3 is 0 Å². The molecule has 1 aromatic rings. The van der Waals surface area contributed by atoms with Crippen molar-refractivity contribution in [2.24, 2.45) is 0 Å². The molecule has 0 aliphatic rings. The lowest BCUT2D eigenvalue weighted by Crippen LogP contribution is -2.25. The molecule has 1 atom stereocenters. The number of hydrogen-bond acceptors (Lipinski definition) is 2. The van der Waals surface area contributed by atoms with Crippen LogP contribution in [-0.2, 0) is 6.54 Å². The van der Waals surface area contributed by atoms with Gasteiger partial charge in [-0.05, 0) is 44.4 Å². The molecule has 1 unspecified atom stereocenters. The van der Waals surface area contributed by atoms with E-state index in [2.05, 4.69) is 63.2 Å². The van der Waals surface area contributed by atoms with E-state index in [-0.39, 0.29) is 0 Å². The third kappa shape index (κ3) is 3.74. The molecule has 0 radical (unpaired) electrons. The van der Waals surface area contributed by atoms with Crippen LogP contribution >= 0.6 is 0 Å². The molecule has 0 saturated heterocycles. The molecule has 96 valence electrons. The average molecular weight is 234 g/mol. The van der Waals surface area contributed by atoms with Gasteiger partial charge in [0.15, 0.2) is 0 Å². The molecule has 0 spiro atoms. The van der Waals surface area contributed by atoms with Crippen molar-refractivity contribution in [2.75, 3.05) is 18.5 Å². The van der Waals surface area contributed by atoms with Crippen molar-refractivity contribution in [1.82, 2.24) is 5.32 Å². The van der Waals surface area contributed by atoms with Gasteiger partial charge in [-0.25, -0.2) is 0 Å². The predicted octanol–water partition coefficient (Wildman–Crippen LogP) is 3.34. The zero-order chi connectivity index (χ0) is 12.8. The fourth-order valence-corrected chi connectivity index (χ4v) is 1.87. The van der Waals surface area contributed by atoms with Gasteiger partial charge in [0, 0.05) is 31.9 Å². The highest BCUT2D eigenvalue weighted by Crippen LogP contribution is 2.22. The maximum Gasteiger partial charge on any atom is 0.0396 e. The predicted molar refractivity (Wildman–Crippen MR) is 76.7 cm³/mol. The van der Waals surface area contributed by atoms with Crippen molar-refractivity contribution >= 4 is 5.69 Å². The quantitative estimate of drug-likeness (QED) is 0.812. The summed E-state index contributed by atoms with van der Waals surface area (Å²) in [6, 6.07) is 7.16. The highest BCUT2D eigenvalue weighted by molar-refractivity contribution is 5.55. The first-order chi connectivity index (χ1) is 8.10. The first kappa shape index (κ1) is 14.0. The number of nitrogens with one attached hydrogen (secondary N) is 1. The Labute approximate surface area is 106 Å². The van der Waals surface area contributed by atoms with Crippen LogP contribution < -0.4 is 10.2 Å². The Morgan fingerprint density at radius 1 is 1.29 bits per heavy atom. The van der Waals surface area contributed by atoms with E-state index in [4.69, 9.17) is 0 Å². The molecule has 0 aliphatic heterocycles. The Morgan fingerprint density at radius 3 is 2.59 bits per heavy atom. The Kier molecular flexibility index (Phi) is 5.49. The normalized spacial score (nSPS) is 12.5. The molecule has 1 rings (SSSR count). The lowest BCUT2D eigenvalue weighted by molar-refractivity contribution is 0.533. The van der Waals surface area contributed by atoms with Crippen molar-refractivity contribution in [3.8, 4) is 0 Å². The minimum absolute atomic E-state index is 0.585. The highest BCUT2D eigenvalue weighted by atomic mass is 15.1. The first-order valence-electron chi connectivity index (χ1n) is 6.63. The molecule has 17 heavy (non-hydrogen) atoms. The molecule has 0 aliphatic carbocycles. The molecular weight excluding hydrogens is 208 g/mol. The summed E-state index contributed by atoms with van der Waals surface area (Å²) in [7, 11) is 2.15. The summed E-state index contributed by atoms with van der Waals surface area (Å²) in [6.07, 6.45) is 1.17. The third-order valence-electron chi connectivity index (χ3n) is 3.56. The van der Waals surface area contributed by atoms with E-state index in [1.807, 2.05) is 0 Å². The molecule has 0 saturated carbocycles. The zero-order valence-corrected chi connectivity index (χ0v) is 11.9. The summed E-state index contributed by atoms with van der Waals surface area (Å²) in [5.74, 6) is 0. The Balaban J connectivity index is 2.79. The van der Waals surface area contributed by atoms with Crippen molar-refractivity contribution in [1.29, 1.82) is 0 Å². The minimum Gasteiger partial charge on any atom is -0.375 e. The first-order valence-corrected chi connectivity index (χ1v) is 6.63. The second-order valence-corrected chi connectivity index (χ2v) is 4.77. The van der Waals surface area contributed by atoms with Crippen molar-refractivity contribution in [2.45, 2.75) is 46.7 Å². The smallest absolute Gasteiger partial charge is 0.0396 e. The van der Waals surface area contributed by atoms with E-state index in [1.165, 1.54) is 23.2 Å². The lowest BCUT2D eigenvalue weighted by atomic mass is 10.1. The van der Waals surface area contributed by atoms with Gasteiger partial charge in [0.2, 0.25) is 0 Å². The Morgan fingerprint density at radius 2 is 2.00 bits per heavy atom. The fraction of sp³-hybridized carbons (Fsp3) is 0.600. The number of nitrogens with zero attached hydrogens (tertiary/aromatic N) is 1. The SMILES string of the molecule is CCC(C)NCc1cccc(N(C)CC)c1C. The summed E-state index contributed by atoms with van der Waals surface area (Å²) in [6.45, 7) is 10.9. The van der Waals surface area contributed by atoms with E-state index in [0.717, 1.165) is 13.1 Å². The molecule has 1 N–H and O–H groups in total. The van der Waals surface area contributed by atoms with E-state index >= 15 is 0 Å². The molecular formula is C15H26N2. The number of benzene rings is 1. The Bertz CT molecular complexity index is 347. The second kappa shape index (κ2) is 6.65. The van der Waals surface area contributed by atoms with Gasteiger partial charge in [-0.2, -0.15) is 0 Å². The largest absolute Gasteiger partial charge is 0.375 e. The summed E-state index contributed by atoms with van der Waals surface area (Å²) in [5, 5.41) is 3.56. The molecule has 1 aromatic carbocycles. The van der Waals surface area contributed by atoms with E-state index < -0.39 is 0 Å². The molecule has 0 aromatic heterocycles. The van der Waals surface area contributed by atoms with E-state index in [1.54, 1.807) is 0 Å². The standard InChI is InChI=1S/C15H26N2/c1-6-12(3)16-11-14-9-8-10-15(13(14)4)17(5)7-2/h8-10,12,16H,6-7,11H2,1-5H3. The molecule has 2 nitrogen and oxygen atoms in total. The van der Waals surface area contributed by atoms with Crippen LogP contribution in [0.5, 0.6) is 0 Å². The number of hydrogen-bond donors (Lipinski definition) is 1. The maximum absolute atomic E-state index is 3.56. The summed E-state index contributed by atoms with van der Waals surface area (Å²) in [4.78, 5) is 2.29. The maximum atomic E-state index is 3.56. The number of rotatable bonds is 6. The zero-order valence-electron chi connectivity index (χ0n) is 11.9. The number of anilines is 1. The molecule has 2 heteroatoms. The average Bonchev–Trinajstić information content (AvgIpc) is 2.36. The van der Waals surface area contributed by atoms with Gasteiger partial charge in [0.1, 0.15) is 0 Å². The minimum atomic E-state index is 0.585. The second-order valence-electron chi connectivity index (χ2n) is 4.77. The fourth-order valence-electron chi connectivity index (χ4n) is 1.87. The van der Waals surface area contributed by atoms with Crippen molar-refractivity contribution in [3.63, 3.8) is 0 Å². The van der Waals surface area contributed by atoms with Crippen LogP contribution in [0.15, 0.2) is 18.2 Å². The molecule has 0 amide bonds. The van der Waals surface area contributed by atoms with Crippen LogP contribution in [0.2, 0.25) is 0 Å². The lowest BCUT2D eigenvalue weighted by Gasteiger charge is -2.22. The third-order valence-corrected chi connectivity index (χ3v) is 3.56. The molecule has 0 bridgehead atoms. The van der Waals surface area contributed by atoms with Gasteiger partial charge in [0.25, 0.3) is 0 Å². The monoisotopic (exact) mass is 234 g/mol. The van der Waals surface area contributed by atoms with Crippen molar-refractivity contribution < 1.29 is 0 Å². The van der Waals surface area contributed by atoms with Crippen LogP contribution in [0.1, 0.15) is 38.3 Å². The van der Waals surface area contributed by atoms with Gasteiger partial charge in [-0.3, -0.25) is 0 Å². The van der Waals surface area contributed by atoms with Crippen LogP contribution in [0.3, 0.4) is 0 Å².